The molecule has 4 aliphatic carbocycles. The van der Waals surface area contributed by atoms with E-state index in [1.807, 2.05) is 0 Å². The van der Waals surface area contributed by atoms with Gasteiger partial charge in [-0.25, -0.2) is 8.78 Å². The summed E-state index contributed by atoms with van der Waals surface area (Å²) in [7, 11) is 0. The van der Waals surface area contributed by atoms with Gasteiger partial charge in [-0.2, -0.15) is 0 Å². The number of amides is 1. The molecule has 0 radical (unpaired) electrons. The molecule has 0 unspecified atom stereocenters. The van der Waals surface area contributed by atoms with Gasteiger partial charge in [-0.15, -0.1) is 0 Å². The number of rotatable bonds is 3. The van der Waals surface area contributed by atoms with Crippen molar-refractivity contribution in [3.63, 3.8) is 0 Å². The molecular formula is C18H20ClF2NO. The zero-order chi connectivity index (χ0) is 16.2. The minimum atomic E-state index is -1.05. The summed E-state index contributed by atoms with van der Waals surface area (Å²) in [5, 5.41) is 2.88. The Morgan fingerprint density at radius 1 is 1.09 bits per heavy atom. The van der Waals surface area contributed by atoms with Gasteiger partial charge in [-0.1, -0.05) is 11.6 Å². The molecule has 4 bridgehead atoms. The fourth-order valence-corrected chi connectivity index (χ4v) is 5.80. The van der Waals surface area contributed by atoms with Crippen molar-refractivity contribution < 1.29 is 13.6 Å². The predicted molar refractivity (Wildman–Crippen MR) is 84.3 cm³/mol. The van der Waals surface area contributed by atoms with Crippen molar-refractivity contribution in [1.82, 2.24) is 5.32 Å². The van der Waals surface area contributed by atoms with Crippen LogP contribution in [0.1, 0.15) is 48.9 Å². The molecule has 4 aliphatic rings. The first-order valence-electron chi connectivity index (χ1n) is 8.37. The molecule has 2 nitrogen and oxygen atoms in total. The van der Waals surface area contributed by atoms with Gasteiger partial charge >= 0.3 is 0 Å². The lowest BCUT2D eigenvalue weighted by Gasteiger charge is -2.56. The Balaban J connectivity index is 1.47. The smallest absolute Gasteiger partial charge is 0.252 e. The van der Waals surface area contributed by atoms with Crippen LogP contribution in [0.5, 0.6) is 0 Å². The van der Waals surface area contributed by atoms with Gasteiger partial charge in [0.25, 0.3) is 5.91 Å². The van der Waals surface area contributed by atoms with E-state index >= 15 is 0 Å². The molecule has 0 atom stereocenters. The van der Waals surface area contributed by atoms with Crippen LogP contribution in [-0.4, -0.2) is 12.5 Å². The number of nitrogens with one attached hydrogen (secondary N) is 1. The molecule has 124 valence electrons. The van der Waals surface area contributed by atoms with E-state index < -0.39 is 17.5 Å². The first kappa shape index (κ1) is 15.4. The maximum Gasteiger partial charge on any atom is 0.252 e. The van der Waals surface area contributed by atoms with Crippen LogP contribution in [0.15, 0.2) is 12.1 Å². The summed E-state index contributed by atoms with van der Waals surface area (Å²) < 4.78 is 26.5. The Kier molecular flexibility index (Phi) is 3.63. The van der Waals surface area contributed by atoms with E-state index in [0.717, 1.165) is 29.9 Å². The van der Waals surface area contributed by atoms with Crippen LogP contribution in [0.25, 0.3) is 0 Å². The quantitative estimate of drug-likeness (QED) is 0.803. The minimum Gasteiger partial charge on any atom is -0.351 e. The third-order valence-corrected chi connectivity index (χ3v) is 6.36. The normalized spacial score (nSPS) is 34.7. The summed E-state index contributed by atoms with van der Waals surface area (Å²) in [6.45, 7) is 0.616. The van der Waals surface area contributed by atoms with Gasteiger partial charge in [0.1, 0.15) is 0 Å². The van der Waals surface area contributed by atoms with E-state index in [0.29, 0.717) is 6.54 Å². The van der Waals surface area contributed by atoms with Crippen LogP contribution in [0.3, 0.4) is 0 Å². The third-order valence-electron chi connectivity index (χ3n) is 6.04. The van der Waals surface area contributed by atoms with Crippen molar-refractivity contribution in [2.24, 2.45) is 23.2 Å². The molecule has 1 N–H and O–H groups in total. The fourth-order valence-electron chi connectivity index (χ4n) is 5.57. The summed E-state index contributed by atoms with van der Waals surface area (Å²) in [6.07, 6.45) is 7.60. The Labute approximate surface area is 139 Å². The highest BCUT2D eigenvalue weighted by molar-refractivity contribution is 6.33. The molecular weight excluding hydrogens is 320 g/mol. The van der Waals surface area contributed by atoms with Gasteiger partial charge in [-0.3, -0.25) is 4.79 Å². The first-order chi connectivity index (χ1) is 10.9. The van der Waals surface area contributed by atoms with Crippen molar-refractivity contribution in [1.29, 1.82) is 0 Å². The minimum absolute atomic E-state index is 0.00953. The number of carbonyl (C=O) groups excluding carboxylic acids is 1. The zero-order valence-electron chi connectivity index (χ0n) is 12.9. The van der Waals surface area contributed by atoms with Gasteiger partial charge < -0.3 is 5.32 Å². The van der Waals surface area contributed by atoms with Crippen molar-refractivity contribution in [3.05, 3.63) is 34.4 Å². The highest BCUT2D eigenvalue weighted by Gasteiger charge is 2.50. The molecule has 0 aliphatic heterocycles. The number of benzene rings is 1. The van der Waals surface area contributed by atoms with Crippen LogP contribution >= 0.6 is 11.6 Å². The summed E-state index contributed by atoms with van der Waals surface area (Å²) in [4.78, 5) is 12.3. The molecule has 1 aromatic rings. The van der Waals surface area contributed by atoms with Crippen molar-refractivity contribution >= 4 is 17.5 Å². The lowest BCUT2D eigenvalue weighted by Crippen LogP contribution is -2.51. The largest absolute Gasteiger partial charge is 0.351 e. The molecule has 0 aromatic heterocycles. The van der Waals surface area contributed by atoms with E-state index in [1.165, 1.54) is 38.5 Å². The zero-order valence-corrected chi connectivity index (χ0v) is 13.6. The highest BCUT2D eigenvalue weighted by Crippen LogP contribution is 2.59. The van der Waals surface area contributed by atoms with Gasteiger partial charge in [0.2, 0.25) is 0 Å². The van der Waals surface area contributed by atoms with Crippen LogP contribution in [-0.2, 0) is 0 Å². The topological polar surface area (TPSA) is 29.1 Å². The van der Waals surface area contributed by atoms with Gasteiger partial charge in [0.05, 0.1) is 10.6 Å². The Bertz CT molecular complexity index is 625. The van der Waals surface area contributed by atoms with Crippen molar-refractivity contribution in [2.45, 2.75) is 38.5 Å². The molecule has 0 saturated heterocycles. The lowest BCUT2D eigenvalue weighted by molar-refractivity contribution is -0.0503. The van der Waals surface area contributed by atoms with E-state index in [-0.39, 0.29) is 16.0 Å². The summed E-state index contributed by atoms with van der Waals surface area (Å²) in [5.41, 5.74) is 0.213. The molecule has 5 rings (SSSR count). The summed E-state index contributed by atoms with van der Waals surface area (Å²) in [5.74, 6) is -0.0633. The summed E-state index contributed by atoms with van der Waals surface area (Å²) in [6, 6.07) is 1.74. The lowest BCUT2D eigenvalue weighted by atomic mass is 9.49. The fraction of sp³-hybridized carbons (Fsp3) is 0.611. The Morgan fingerprint density at radius 3 is 2.17 bits per heavy atom. The van der Waals surface area contributed by atoms with Crippen LogP contribution < -0.4 is 5.32 Å². The molecule has 4 saturated carbocycles. The second-order valence-electron chi connectivity index (χ2n) is 7.85. The molecule has 1 aromatic carbocycles. The maximum atomic E-state index is 13.4. The highest BCUT2D eigenvalue weighted by atomic mass is 35.5. The van der Waals surface area contributed by atoms with E-state index in [4.69, 9.17) is 11.6 Å². The number of hydrogen-bond acceptors (Lipinski definition) is 1. The average Bonchev–Trinajstić information content (AvgIpc) is 2.47. The summed E-state index contributed by atoms with van der Waals surface area (Å²) >= 11 is 5.88. The number of halogens is 3. The van der Waals surface area contributed by atoms with Gasteiger partial charge in [0, 0.05) is 6.54 Å². The molecule has 0 spiro atoms. The molecule has 1 amide bonds. The van der Waals surface area contributed by atoms with E-state index in [9.17, 15) is 13.6 Å². The molecule has 5 heteroatoms. The monoisotopic (exact) mass is 339 g/mol. The van der Waals surface area contributed by atoms with Crippen LogP contribution in [0, 0.1) is 34.8 Å². The molecule has 23 heavy (non-hydrogen) atoms. The first-order valence-corrected chi connectivity index (χ1v) is 8.75. The van der Waals surface area contributed by atoms with Crippen molar-refractivity contribution in [3.8, 4) is 0 Å². The molecule has 0 heterocycles. The second-order valence-corrected chi connectivity index (χ2v) is 8.25. The van der Waals surface area contributed by atoms with Gasteiger partial charge in [-0.05, 0) is 73.8 Å². The van der Waals surface area contributed by atoms with Crippen molar-refractivity contribution in [2.75, 3.05) is 6.54 Å². The van der Waals surface area contributed by atoms with E-state index in [2.05, 4.69) is 5.32 Å². The SMILES string of the molecule is O=C(NCC12CC3CC(CC(C3)C1)C2)c1cc(F)c(F)cc1Cl. The van der Waals surface area contributed by atoms with Crippen LogP contribution in [0.2, 0.25) is 5.02 Å². The average molecular weight is 340 g/mol. The van der Waals surface area contributed by atoms with E-state index in [1.54, 1.807) is 0 Å². The standard InChI is InChI=1S/C18H20ClF2NO/c19-14-5-16(21)15(20)4-13(14)17(23)22-9-18-6-10-1-11(7-18)3-12(2-10)8-18/h4-5,10-12H,1-3,6-9H2,(H,22,23). The Hall–Kier alpha value is -1.16. The Morgan fingerprint density at radius 2 is 1.61 bits per heavy atom. The van der Waals surface area contributed by atoms with Crippen LogP contribution in [0.4, 0.5) is 8.78 Å². The molecule has 4 fully saturated rings. The predicted octanol–water partition coefficient (Wildman–Crippen LogP) is 4.56. The number of carbonyl (C=O) groups is 1. The third kappa shape index (κ3) is 2.75. The maximum absolute atomic E-state index is 13.4. The van der Waals surface area contributed by atoms with Gasteiger partial charge in [0.15, 0.2) is 11.6 Å². The number of hydrogen-bond donors (Lipinski definition) is 1. The second kappa shape index (κ2) is 5.44.